The van der Waals surface area contributed by atoms with E-state index in [1.165, 1.54) is 7.11 Å². The lowest BCUT2D eigenvalue weighted by atomic mass is 10.0. The van der Waals surface area contributed by atoms with E-state index in [1.54, 1.807) is 22.2 Å². The quantitative estimate of drug-likeness (QED) is 0.0893. The van der Waals surface area contributed by atoms with Crippen LogP contribution in [0.4, 0.5) is 9.59 Å². The lowest BCUT2D eigenvalue weighted by Crippen LogP contribution is -2.51. The lowest BCUT2D eigenvalue weighted by molar-refractivity contribution is -0.135. The molecule has 67 heavy (non-hydrogen) atoms. The molecule has 15 heteroatoms. The van der Waals surface area contributed by atoms with Crippen molar-refractivity contribution in [3.05, 3.63) is 155 Å². The van der Waals surface area contributed by atoms with Gasteiger partial charge in [0.15, 0.2) is 0 Å². The molecule has 5 amide bonds. The Morgan fingerprint density at radius 1 is 0.642 bits per heavy atom. The SMILES string of the molecule is COC(=O)N[C@@H](C(=O)N1CCC[C@H]1c1ncc(-c2ccc(C#Cc3ccc(-c4cnc([C@@H]5CCCN5C(=O)[C@H](NC(=O)N5CCC[C@@H](O)C5)c5ccccc5)[nH]4)cc3)cc2)[nH]1)c1ccccc1. The Labute approximate surface area is 389 Å². The summed E-state index contributed by atoms with van der Waals surface area (Å²) >= 11 is 0. The van der Waals surface area contributed by atoms with Gasteiger partial charge in [0.05, 0.1) is 49.1 Å². The number of methoxy groups -OCH3 is 1. The van der Waals surface area contributed by atoms with Crippen molar-refractivity contribution in [2.24, 2.45) is 0 Å². The molecule has 3 saturated heterocycles. The number of ether oxygens (including phenoxy) is 1. The molecule has 3 fully saturated rings. The summed E-state index contributed by atoms with van der Waals surface area (Å²) in [6.07, 6.45) is 6.77. The van der Waals surface area contributed by atoms with Gasteiger partial charge in [-0.05, 0) is 85.0 Å². The number of β-amino-alcohol motifs (C(OH)–C–C–N with tert-alkyl or cyclic N) is 1. The zero-order valence-corrected chi connectivity index (χ0v) is 37.2. The molecule has 0 bridgehead atoms. The van der Waals surface area contributed by atoms with Crippen LogP contribution >= 0.6 is 0 Å². The van der Waals surface area contributed by atoms with E-state index in [1.807, 2.05) is 114 Å². The number of amides is 5. The number of imidazole rings is 2. The highest BCUT2D eigenvalue weighted by atomic mass is 16.5. The van der Waals surface area contributed by atoms with Crippen LogP contribution < -0.4 is 10.6 Å². The van der Waals surface area contributed by atoms with Gasteiger partial charge in [0.25, 0.3) is 5.91 Å². The second-order valence-corrected chi connectivity index (χ2v) is 17.2. The number of nitrogens with zero attached hydrogens (tertiary/aromatic N) is 5. The number of benzene rings is 4. The van der Waals surface area contributed by atoms with Crippen molar-refractivity contribution < 1.29 is 29.0 Å². The molecule has 342 valence electrons. The molecule has 5 atom stereocenters. The van der Waals surface area contributed by atoms with E-state index in [0.29, 0.717) is 55.3 Å². The molecule has 0 saturated carbocycles. The average Bonchev–Trinajstić information content (AvgIpc) is 4.23. The van der Waals surface area contributed by atoms with Gasteiger partial charge in [-0.3, -0.25) is 9.59 Å². The topological polar surface area (TPSA) is 189 Å². The fourth-order valence-electron chi connectivity index (χ4n) is 9.27. The lowest BCUT2D eigenvalue weighted by Gasteiger charge is -2.33. The number of aromatic amines is 2. The third-order valence-corrected chi connectivity index (χ3v) is 12.8. The fraction of sp³-hybridized carbons (Fsp3) is 0.308. The van der Waals surface area contributed by atoms with Crippen molar-refractivity contribution >= 4 is 23.9 Å². The number of H-pyrrole nitrogens is 2. The Hall–Kier alpha value is -7.70. The Morgan fingerprint density at radius 3 is 1.57 bits per heavy atom. The first-order valence-electron chi connectivity index (χ1n) is 22.8. The third-order valence-electron chi connectivity index (χ3n) is 12.8. The number of hydrogen-bond acceptors (Lipinski definition) is 8. The largest absolute Gasteiger partial charge is 0.453 e. The summed E-state index contributed by atoms with van der Waals surface area (Å²) in [5.74, 6) is 7.48. The molecular weight excluding hydrogens is 847 g/mol. The van der Waals surface area contributed by atoms with E-state index in [2.05, 4.69) is 37.4 Å². The van der Waals surface area contributed by atoms with E-state index in [-0.39, 0.29) is 36.5 Å². The van der Waals surface area contributed by atoms with Crippen LogP contribution in [0.15, 0.2) is 122 Å². The molecule has 2 aromatic heterocycles. The zero-order valence-electron chi connectivity index (χ0n) is 37.2. The maximum Gasteiger partial charge on any atom is 0.407 e. The molecule has 0 aliphatic carbocycles. The summed E-state index contributed by atoms with van der Waals surface area (Å²) in [5.41, 5.74) is 6.56. The molecule has 0 radical (unpaired) electrons. The van der Waals surface area contributed by atoms with Gasteiger partial charge in [0, 0.05) is 37.3 Å². The van der Waals surface area contributed by atoms with Gasteiger partial charge < -0.3 is 45.1 Å². The Morgan fingerprint density at radius 2 is 1.10 bits per heavy atom. The molecular formula is C52H53N9O6. The van der Waals surface area contributed by atoms with E-state index in [4.69, 9.17) is 9.72 Å². The van der Waals surface area contributed by atoms with Crippen LogP contribution in [0.3, 0.4) is 0 Å². The van der Waals surface area contributed by atoms with Gasteiger partial charge in [0.1, 0.15) is 23.7 Å². The van der Waals surface area contributed by atoms with Crippen molar-refractivity contribution in [3.63, 3.8) is 0 Å². The number of urea groups is 1. The highest BCUT2D eigenvalue weighted by molar-refractivity contribution is 5.89. The van der Waals surface area contributed by atoms with Crippen LogP contribution in [0.25, 0.3) is 22.5 Å². The van der Waals surface area contributed by atoms with Gasteiger partial charge in [-0.1, -0.05) is 96.8 Å². The summed E-state index contributed by atoms with van der Waals surface area (Å²) in [6, 6.07) is 31.6. The van der Waals surface area contributed by atoms with E-state index in [9.17, 15) is 24.3 Å². The third kappa shape index (κ3) is 10.1. The molecule has 6 aromatic rings. The van der Waals surface area contributed by atoms with Crippen molar-refractivity contribution in [3.8, 4) is 34.4 Å². The van der Waals surface area contributed by atoms with Crippen molar-refractivity contribution in [1.29, 1.82) is 0 Å². The standard InChI is InChI=1S/C52H53N9O6/c1-67-52(66)58-46(39-13-6-3-7-14-39)50(64)61-30-10-17-44(61)48-54-32-42(56-48)37-26-22-35(23-27-37)19-18-34-20-24-36(25-21-34)41-31-53-47(55-41)43-16-9-29-60(43)49(63)45(38-11-4-2-5-12-38)57-51(65)59-28-8-15-40(62)33-59/h2-7,11-14,20-27,31-32,40,43-46,62H,8-10,15-17,28-30,33H2,1H3,(H,53,55)(H,54,56)(H,57,65)(H,58,66)/t40-,43+,44+,45-,46-/m1/s1. The van der Waals surface area contributed by atoms with Crippen LogP contribution in [-0.2, 0) is 14.3 Å². The predicted molar refractivity (Wildman–Crippen MR) is 251 cm³/mol. The van der Waals surface area contributed by atoms with Gasteiger partial charge in [-0.2, -0.15) is 0 Å². The van der Waals surface area contributed by atoms with Gasteiger partial charge in [-0.25, -0.2) is 19.6 Å². The number of carbonyl (C=O) groups excluding carboxylic acids is 4. The van der Waals surface area contributed by atoms with Crippen LogP contribution in [0, 0.1) is 11.8 Å². The van der Waals surface area contributed by atoms with Gasteiger partial charge >= 0.3 is 12.1 Å². The summed E-state index contributed by atoms with van der Waals surface area (Å²) in [7, 11) is 1.28. The van der Waals surface area contributed by atoms with Crippen LogP contribution in [0.5, 0.6) is 0 Å². The molecule has 5 N–H and O–H groups in total. The number of aliphatic hydroxyl groups excluding tert-OH is 1. The van der Waals surface area contributed by atoms with E-state index >= 15 is 0 Å². The molecule has 3 aliphatic heterocycles. The molecule has 0 spiro atoms. The molecule has 15 nitrogen and oxygen atoms in total. The Balaban J connectivity index is 0.829. The Bertz CT molecular complexity index is 2750. The number of nitrogens with one attached hydrogen (secondary N) is 4. The fourth-order valence-corrected chi connectivity index (χ4v) is 9.27. The maximum absolute atomic E-state index is 14.3. The molecule has 5 heterocycles. The zero-order chi connectivity index (χ0) is 46.3. The summed E-state index contributed by atoms with van der Waals surface area (Å²) in [6.45, 7) is 1.86. The summed E-state index contributed by atoms with van der Waals surface area (Å²) < 4.78 is 4.83. The smallest absolute Gasteiger partial charge is 0.407 e. The van der Waals surface area contributed by atoms with Crippen LogP contribution in [0.2, 0.25) is 0 Å². The van der Waals surface area contributed by atoms with Crippen molar-refractivity contribution in [2.75, 3.05) is 33.3 Å². The number of likely N-dealkylation sites (tertiary alicyclic amines) is 3. The van der Waals surface area contributed by atoms with Crippen LogP contribution in [0.1, 0.15) is 96.6 Å². The predicted octanol–water partition coefficient (Wildman–Crippen LogP) is 7.20. The number of carbonyl (C=O) groups is 4. The van der Waals surface area contributed by atoms with Crippen molar-refractivity contribution in [2.45, 2.75) is 68.8 Å². The number of alkyl carbamates (subject to hydrolysis) is 1. The number of piperidine rings is 1. The molecule has 9 rings (SSSR count). The highest BCUT2D eigenvalue weighted by Gasteiger charge is 2.39. The first kappa shape index (κ1) is 44.5. The minimum Gasteiger partial charge on any atom is -0.453 e. The van der Waals surface area contributed by atoms with Crippen molar-refractivity contribution in [1.82, 2.24) is 45.3 Å². The number of hydrogen-bond donors (Lipinski definition) is 5. The molecule has 3 aliphatic rings. The summed E-state index contributed by atoms with van der Waals surface area (Å²) in [4.78, 5) is 75.3. The normalized spacial score (nSPS) is 19.0. The highest BCUT2D eigenvalue weighted by Crippen LogP contribution is 2.36. The Kier molecular flexibility index (Phi) is 13.4. The molecule has 0 unspecified atom stereocenters. The number of aliphatic hydroxyl groups is 1. The monoisotopic (exact) mass is 899 g/mol. The maximum atomic E-state index is 14.3. The van der Waals surface area contributed by atoms with Gasteiger partial charge in [-0.15, -0.1) is 0 Å². The minimum absolute atomic E-state index is 0.197. The minimum atomic E-state index is -0.889. The first-order chi connectivity index (χ1) is 32.7. The second-order valence-electron chi connectivity index (χ2n) is 17.2. The molecule has 4 aromatic carbocycles. The van der Waals surface area contributed by atoms with Gasteiger partial charge in [0.2, 0.25) is 5.91 Å². The number of rotatable bonds is 10. The number of aromatic nitrogens is 4. The van der Waals surface area contributed by atoms with Crippen LogP contribution in [-0.4, -0.2) is 103 Å². The average molecular weight is 900 g/mol. The van der Waals surface area contributed by atoms with E-state index < -0.39 is 24.3 Å². The first-order valence-corrected chi connectivity index (χ1v) is 22.8. The second kappa shape index (κ2) is 20.2. The summed E-state index contributed by atoms with van der Waals surface area (Å²) in [5, 5.41) is 15.9. The van der Waals surface area contributed by atoms with E-state index in [0.717, 1.165) is 59.3 Å².